The number of nitrogens with one attached hydrogen (secondary N) is 1. The smallest absolute Gasteiger partial charge is 0.253 e. The molecule has 0 radical (unpaired) electrons. The molecule has 3 aromatic carbocycles. The maximum Gasteiger partial charge on any atom is 0.253 e. The summed E-state index contributed by atoms with van der Waals surface area (Å²) < 4.78 is 14.2. The Kier molecular flexibility index (Phi) is 10.0. The van der Waals surface area contributed by atoms with Gasteiger partial charge in [0, 0.05) is 48.3 Å². The van der Waals surface area contributed by atoms with Crippen molar-refractivity contribution in [3.05, 3.63) is 155 Å². The number of ether oxygens (including phenoxy) is 2. The molecular formula is C37H35N3O5S. The predicted octanol–water partition coefficient (Wildman–Crippen LogP) is 6.39. The zero-order chi connectivity index (χ0) is 31.9. The number of carbonyl (C=O) groups is 1. The fourth-order valence-corrected chi connectivity index (χ4v) is 6.59. The minimum Gasteiger partial charge on any atom is -0.618 e. The molecule has 4 atom stereocenters. The van der Waals surface area contributed by atoms with E-state index in [-0.39, 0.29) is 30.6 Å². The molecule has 0 saturated carbocycles. The number of carbonyl (C=O) groups excluding carboxylic acids is 1. The molecule has 8 nitrogen and oxygen atoms in total. The van der Waals surface area contributed by atoms with E-state index < -0.39 is 6.29 Å². The Balaban J connectivity index is 1.23. The van der Waals surface area contributed by atoms with Crippen molar-refractivity contribution in [2.24, 2.45) is 5.92 Å². The van der Waals surface area contributed by atoms with Crippen LogP contribution in [0.4, 0.5) is 0 Å². The van der Waals surface area contributed by atoms with Gasteiger partial charge >= 0.3 is 0 Å². The lowest BCUT2D eigenvalue weighted by atomic mass is 9.91. The van der Waals surface area contributed by atoms with Crippen LogP contribution in [0, 0.1) is 11.1 Å². The highest BCUT2D eigenvalue weighted by Gasteiger charge is 2.38. The topological polar surface area (TPSA) is 108 Å². The minimum atomic E-state index is -0.638. The number of pyridine rings is 2. The lowest BCUT2D eigenvalue weighted by Crippen LogP contribution is -2.39. The second kappa shape index (κ2) is 14.7. The van der Waals surface area contributed by atoms with Crippen molar-refractivity contribution in [1.29, 1.82) is 0 Å². The molecule has 4 unspecified atom stereocenters. The maximum atomic E-state index is 12.5. The standard InChI is InChI=1S/C37H35N3O5S/c1-25-33(24-46-34-12-2-3-18-40(34)43)44-37(45-35(25)28-15-13-26(23-41)14-16-28)31-10-5-9-30(20-31)29-8-4-7-27(19-29)21-39-36(42)32-11-6-17-38-22-32/h2-20,22,25,33,35,37,41H,21,23-24H2,1H3,(H,39,42). The van der Waals surface area contributed by atoms with Crippen LogP contribution in [0.25, 0.3) is 11.1 Å². The summed E-state index contributed by atoms with van der Waals surface area (Å²) in [5.74, 6) is 0.395. The van der Waals surface area contributed by atoms with Crippen LogP contribution in [-0.4, -0.2) is 27.9 Å². The number of aromatic nitrogens is 2. The normalized spacial score (nSPS) is 19.4. The van der Waals surface area contributed by atoms with Gasteiger partial charge in [-0.05, 0) is 58.1 Å². The van der Waals surface area contributed by atoms with Gasteiger partial charge in [-0.2, -0.15) is 4.73 Å². The average molecular weight is 634 g/mol. The summed E-state index contributed by atoms with van der Waals surface area (Å²) in [6.07, 6.45) is 3.58. The summed E-state index contributed by atoms with van der Waals surface area (Å²) >= 11 is 1.47. The third kappa shape index (κ3) is 7.46. The number of aliphatic hydroxyl groups is 1. The molecule has 1 fully saturated rings. The molecule has 1 amide bonds. The highest BCUT2D eigenvalue weighted by atomic mass is 32.2. The van der Waals surface area contributed by atoms with Crippen LogP contribution in [0.2, 0.25) is 0 Å². The van der Waals surface area contributed by atoms with Gasteiger partial charge < -0.3 is 25.1 Å². The average Bonchev–Trinajstić information content (AvgIpc) is 3.11. The fourth-order valence-electron chi connectivity index (χ4n) is 5.51. The zero-order valence-corrected chi connectivity index (χ0v) is 26.2. The largest absolute Gasteiger partial charge is 0.618 e. The second-order valence-electron chi connectivity index (χ2n) is 11.2. The lowest BCUT2D eigenvalue weighted by molar-refractivity contribution is -0.645. The zero-order valence-electron chi connectivity index (χ0n) is 25.4. The van der Waals surface area contributed by atoms with Gasteiger partial charge in [0.2, 0.25) is 0 Å². The monoisotopic (exact) mass is 633 g/mol. The molecule has 0 spiro atoms. The molecule has 1 aliphatic rings. The van der Waals surface area contributed by atoms with Gasteiger partial charge in [-0.25, -0.2) is 0 Å². The maximum absolute atomic E-state index is 12.5. The first-order chi connectivity index (χ1) is 22.5. The number of hydrogen-bond acceptors (Lipinski definition) is 7. The van der Waals surface area contributed by atoms with E-state index >= 15 is 0 Å². The summed E-state index contributed by atoms with van der Waals surface area (Å²) in [5, 5.41) is 25.5. The van der Waals surface area contributed by atoms with Gasteiger partial charge in [-0.15, -0.1) is 0 Å². The third-order valence-electron chi connectivity index (χ3n) is 8.10. The molecule has 2 N–H and O–H groups in total. The van der Waals surface area contributed by atoms with E-state index in [9.17, 15) is 15.1 Å². The summed E-state index contributed by atoms with van der Waals surface area (Å²) in [7, 11) is 0. The number of hydrogen-bond donors (Lipinski definition) is 2. The van der Waals surface area contributed by atoms with Crippen molar-refractivity contribution < 1.29 is 24.1 Å². The van der Waals surface area contributed by atoms with Gasteiger partial charge in [0.05, 0.1) is 24.4 Å². The molecule has 1 saturated heterocycles. The van der Waals surface area contributed by atoms with Crippen LogP contribution < -0.4 is 10.0 Å². The molecular weight excluding hydrogens is 598 g/mol. The van der Waals surface area contributed by atoms with E-state index in [1.54, 1.807) is 30.6 Å². The van der Waals surface area contributed by atoms with E-state index in [4.69, 9.17) is 9.47 Å². The summed E-state index contributed by atoms with van der Waals surface area (Å²) in [4.78, 5) is 16.6. The number of thioether (sulfide) groups is 1. The van der Waals surface area contributed by atoms with E-state index in [0.717, 1.165) is 38.1 Å². The van der Waals surface area contributed by atoms with Crippen molar-refractivity contribution in [3.8, 4) is 11.1 Å². The Hall–Kier alpha value is -4.54. The van der Waals surface area contributed by atoms with E-state index in [0.29, 0.717) is 22.9 Å². The molecule has 3 heterocycles. The number of rotatable bonds is 10. The number of benzene rings is 3. The van der Waals surface area contributed by atoms with Crippen LogP contribution >= 0.6 is 11.8 Å². The third-order valence-corrected chi connectivity index (χ3v) is 9.21. The summed E-state index contributed by atoms with van der Waals surface area (Å²) in [6, 6.07) is 32.9. The highest BCUT2D eigenvalue weighted by molar-refractivity contribution is 7.99. The number of aliphatic hydroxyl groups excluding tert-OH is 1. The molecule has 5 aromatic rings. The molecule has 46 heavy (non-hydrogen) atoms. The molecule has 0 bridgehead atoms. The van der Waals surface area contributed by atoms with Crippen molar-refractivity contribution in [2.75, 3.05) is 5.75 Å². The van der Waals surface area contributed by atoms with Gasteiger partial charge in [-0.3, -0.25) is 9.78 Å². The van der Waals surface area contributed by atoms with Crippen molar-refractivity contribution in [3.63, 3.8) is 0 Å². The molecule has 234 valence electrons. The number of nitrogens with zero attached hydrogens (tertiary/aromatic N) is 2. The fraction of sp³-hybridized carbons (Fsp3) is 0.216. The quantitative estimate of drug-likeness (QED) is 0.104. The molecule has 1 aliphatic heterocycles. The Bertz CT molecular complexity index is 1770. The predicted molar refractivity (Wildman–Crippen MR) is 176 cm³/mol. The molecule has 0 aliphatic carbocycles. The van der Waals surface area contributed by atoms with E-state index in [2.05, 4.69) is 29.4 Å². The first kappa shape index (κ1) is 31.4. The van der Waals surface area contributed by atoms with Gasteiger partial charge in [-0.1, -0.05) is 79.3 Å². The summed E-state index contributed by atoms with van der Waals surface area (Å²) in [5.41, 5.74) is 6.21. The Labute approximate surface area is 272 Å². The van der Waals surface area contributed by atoms with Crippen molar-refractivity contribution in [2.45, 2.75) is 43.6 Å². The molecule has 6 rings (SSSR count). The van der Waals surface area contributed by atoms with Crippen LogP contribution in [0.1, 0.15) is 51.9 Å². The van der Waals surface area contributed by atoms with Crippen molar-refractivity contribution in [1.82, 2.24) is 10.3 Å². The van der Waals surface area contributed by atoms with Crippen LogP contribution in [0.15, 0.2) is 127 Å². The highest BCUT2D eigenvalue weighted by Crippen LogP contribution is 2.43. The van der Waals surface area contributed by atoms with Gasteiger partial charge in [0.25, 0.3) is 10.9 Å². The Morgan fingerprint density at radius 3 is 2.48 bits per heavy atom. The van der Waals surface area contributed by atoms with E-state index in [1.807, 2.05) is 72.8 Å². The van der Waals surface area contributed by atoms with Crippen LogP contribution in [-0.2, 0) is 22.6 Å². The Morgan fingerprint density at radius 1 is 0.913 bits per heavy atom. The van der Waals surface area contributed by atoms with Crippen LogP contribution in [0.5, 0.6) is 0 Å². The molecule has 2 aromatic heterocycles. The first-order valence-electron chi connectivity index (χ1n) is 15.2. The van der Waals surface area contributed by atoms with E-state index in [1.165, 1.54) is 18.0 Å². The molecule has 9 heteroatoms. The second-order valence-corrected chi connectivity index (χ2v) is 12.3. The van der Waals surface area contributed by atoms with Crippen molar-refractivity contribution >= 4 is 17.7 Å². The first-order valence-corrected chi connectivity index (χ1v) is 16.2. The minimum absolute atomic E-state index is 0.00529. The van der Waals surface area contributed by atoms with Crippen LogP contribution in [0.3, 0.4) is 0 Å². The van der Waals surface area contributed by atoms with Gasteiger partial charge in [0.15, 0.2) is 12.5 Å². The number of amides is 1. The lowest BCUT2D eigenvalue weighted by Gasteiger charge is -2.41. The SMILES string of the molecule is CC1C(CSc2cccc[n+]2[O-])OC(c2cccc(-c3cccc(CNC(=O)c4cccnc4)c3)c2)OC1c1ccc(CO)cc1. The summed E-state index contributed by atoms with van der Waals surface area (Å²) in [6.45, 7) is 2.47. The Morgan fingerprint density at radius 2 is 1.72 bits per heavy atom. The van der Waals surface area contributed by atoms with Gasteiger partial charge in [0.1, 0.15) is 0 Å².